The maximum absolute atomic E-state index is 11.4. The third-order valence-corrected chi connectivity index (χ3v) is 2.45. The molecule has 1 fully saturated rings. The third kappa shape index (κ3) is 4.62. The summed E-state index contributed by atoms with van der Waals surface area (Å²) in [5.74, 6) is 0.397. The first-order valence-corrected chi connectivity index (χ1v) is 5.54. The minimum absolute atomic E-state index is 0.179. The predicted molar refractivity (Wildman–Crippen MR) is 59.7 cm³/mol. The molecule has 0 amide bonds. The molecule has 0 aromatic heterocycles. The molecule has 1 saturated heterocycles. The van der Waals surface area contributed by atoms with Crippen LogP contribution < -0.4 is 10.6 Å². The molecule has 0 aromatic carbocycles. The van der Waals surface area contributed by atoms with Gasteiger partial charge in [-0.25, -0.2) is 0 Å². The molecule has 0 bridgehead atoms. The van der Waals surface area contributed by atoms with Crippen molar-refractivity contribution in [1.82, 2.24) is 10.6 Å². The van der Waals surface area contributed by atoms with Crippen molar-refractivity contribution in [2.75, 3.05) is 19.6 Å². The summed E-state index contributed by atoms with van der Waals surface area (Å²) < 4.78 is 5.21. The van der Waals surface area contributed by atoms with Gasteiger partial charge in [-0.1, -0.05) is 6.92 Å². The highest BCUT2D eigenvalue weighted by molar-refractivity contribution is 5.72. The molecular formula is C11H22N2O2. The first kappa shape index (κ1) is 12.5. The van der Waals surface area contributed by atoms with E-state index in [-0.39, 0.29) is 5.97 Å². The predicted octanol–water partition coefficient (Wildman–Crippen LogP) is 0.526. The lowest BCUT2D eigenvalue weighted by molar-refractivity contribution is -0.153. The molecule has 88 valence electrons. The topological polar surface area (TPSA) is 50.4 Å². The van der Waals surface area contributed by atoms with Crippen molar-refractivity contribution in [2.45, 2.75) is 39.3 Å². The van der Waals surface area contributed by atoms with Crippen molar-refractivity contribution in [1.29, 1.82) is 0 Å². The van der Waals surface area contributed by atoms with Gasteiger partial charge in [0.15, 0.2) is 0 Å². The Morgan fingerprint density at radius 3 is 2.60 bits per heavy atom. The Kier molecular flexibility index (Phi) is 4.11. The van der Waals surface area contributed by atoms with Crippen LogP contribution in [0.15, 0.2) is 0 Å². The Balaban J connectivity index is 2.22. The Hall–Kier alpha value is -0.610. The zero-order valence-corrected chi connectivity index (χ0v) is 10.1. The van der Waals surface area contributed by atoms with Crippen LogP contribution in [0.5, 0.6) is 0 Å². The van der Waals surface area contributed by atoms with E-state index in [0.717, 1.165) is 13.1 Å². The lowest BCUT2D eigenvalue weighted by atomic mass is 10.1. The van der Waals surface area contributed by atoms with Crippen molar-refractivity contribution in [3.63, 3.8) is 0 Å². The largest absolute Gasteiger partial charge is 0.459 e. The fourth-order valence-electron chi connectivity index (χ4n) is 1.68. The van der Waals surface area contributed by atoms with E-state index in [0.29, 0.717) is 18.5 Å². The van der Waals surface area contributed by atoms with Gasteiger partial charge in [-0.15, -0.1) is 0 Å². The number of ether oxygens (including phenoxy) is 1. The number of rotatable bonds is 3. The van der Waals surface area contributed by atoms with Gasteiger partial charge in [0, 0.05) is 12.6 Å². The Bertz CT molecular complexity index is 223. The molecule has 1 aliphatic heterocycles. The molecule has 1 rings (SSSR count). The molecule has 0 aromatic rings. The fraction of sp³-hybridized carbons (Fsp3) is 0.909. The quantitative estimate of drug-likeness (QED) is 0.673. The number of hydrogen-bond donors (Lipinski definition) is 2. The fourth-order valence-corrected chi connectivity index (χ4v) is 1.68. The summed E-state index contributed by atoms with van der Waals surface area (Å²) in [5, 5.41) is 6.50. The molecular weight excluding hydrogens is 192 g/mol. The van der Waals surface area contributed by atoms with Gasteiger partial charge < -0.3 is 15.4 Å². The minimum Gasteiger partial charge on any atom is -0.459 e. The number of esters is 1. The van der Waals surface area contributed by atoms with Gasteiger partial charge in [0.25, 0.3) is 0 Å². The second-order valence-corrected chi connectivity index (χ2v) is 5.21. The highest BCUT2D eigenvalue weighted by Crippen LogP contribution is 2.08. The van der Waals surface area contributed by atoms with E-state index in [1.54, 1.807) is 0 Å². The van der Waals surface area contributed by atoms with E-state index >= 15 is 0 Å². The SMILES string of the molecule is C[C@H]1CNC[C@@H]1NCC(=O)OC(C)(C)C. The highest BCUT2D eigenvalue weighted by Gasteiger charge is 2.24. The van der Waals surface area contributed by atoms with Crippen LogP contribution in [0.25, 0.3) is 0 Å². The molecule has 0 saturated carbocycles. The molecule has 0 radical (unpaired) electrons. The zero-order chi connectivity index (χ0) is 11.5. The van der Waals surface area contributed by atoms with E-state index in [2.05, 4.69) is 17.6 Å². The summed E-state index contributed by atoms with van der Waals surface area (Å²) in [7, 11) is 0. The summed E-state index contributed by atoms with van der Waals surface area (Å²) >= 11 is 0. The first-order valence-electron chi connectivity index (χ1n) is 5.54. The van der Waals surface area contributed by atoms with E-state index in [1.807, 2.05) is 20.8 Å². The van der Waals surface area contributed by atoms with Crippen LogP contribution in [-0.4, -0.2) is 37.2 Å². The molecule has 0 spiro atoms. The molecule has 2 N–H and O–H groups in total. The molecule has 15 heavy (non-hydrogen) atoms. The minimum atomic E-state index is -0.391. The summed E-state index contributed by atoms with van der Waals surface area (Å²) in [6, 6.07) is 0.387. The molecule has 4 nitrogen and oxygen atoms in total. The third-order valence-electron chi connectivity index (χ3n) is 2.45. The molecule has 2 atom stereocenters. The molecule has 0 aliphatic carbocycles. The van der Waals surface area contributed by atoms with Crippen LogP contribution in [0.4, 0.5) is 0 Å². The summed E-state index contributed by atoms with van der Waals surface area (Å²) in [6.45, 7) is 10.1. The van der Waals surface area contributed by atoms with Crippen LogP contribution >= 0.6 is 0 Å². The summed E-state index contributed by atoms with van der Waals surface area (Å²) in [5.41, 5.74) is -0.391. The van der Waals surface area contributed by atoms with Crippen molar-refractivity contribution in [3.8, 4) is 0 Å². The van der Waals surface area contributed by atoms with Crippen molar-refractivity contribution >= 4 is 5.97 Å². The van der Waals surface area contributed by atoms with E-state index in [1.165, 1.54) is 0 Å². The van der Waals surface area contributed by atoms with Gasteiger partial charge in [-0.05, 0) is 33.2 Å². The Morgan fingerprint density at radius 1 is 1.47 bits per heavy atom. The van der Waals surface area contributed by atoms with Gasteiger partial charge >= 0.3 is 5.97 Å². The molecule has 4 heteroatoms. The van der Waals surface area contributed by atoms with E-state index in [9.17, 15) is 4.79 Å². The smallest absolute Gasteiger partial charge is 0.320 e. The van der Waals surface area contributed by atoms with Crippen molar-refractivity contribution in [2.24, 2.45) is 5.92 Å². The maximum atomic E-state index is 11.4. The first-order chi connectivity index (χ1) is 6.88. The monoisotopic (exact) mass is 214 g/mol. The standard InChI is InChI=1S/C11H22N2O2/c1-8-5-12-6-9(8)13-7-10(14)15-11(2,3)4/h8-9,12-13H,5-7H2,1-4H3/t8-,9-/m0/s1. The van der Waals surface area contributed by atoms with Crippen LogP contribution in [0.2, 0.25) is 0 Å². The van der Waals surface area contributed by atoms with Crippen molar-refractivity contribution < 1.29 is 9.53 Å². The van der Waals surface area contributed by atoms with Crippen molar-refractivity contribution in [3.05, 3.63) is 0 Å². The van der Waals surface area contributed by atoms with E-state index in [4.69, 9.17) is 4.74 Å². The number of hydrogen-bond acceptors (Lipinski definition) is 4. The van der Waals surface area contributed by atoms with Gasteiger partial charge in [0.05, 0.1) is 6.54 Å². The van der Waals surface area contributed by atoms with Crippen LogP contribution in [0.1, 0.15) is 27.7 Å². The lowest BCUT2D eigenvalue weighted by Crippen LogP contribution is -2.40. The Labute approximate surface area is 91.8 Å². The van der Waals surface area contributed by atoms with Crippen LogP contribution in [-0.2, 0) is 9.53 Å². The number of carbonyl (C=O) groups is 1. The number of nitrogens with one attached hydrogen (secondary N) is 2. The summed E-state index contributed by atoms with van der Waals surface area (Å²) in [4.78, 5) is 11.4. The van der Waals surface area contributed by atoms with E-state index < -0.39 is 5.60 Å². The lowest BCUT2D eigenvalue weighted by Gasteiger charge is -2.21. The molecule has 1 heterocycles. The normalized spacial score (nSPS) is 26.7. The average molecular weight is 214 g/mol. The molecule has 1 aliphatic rings. The van der Waals surface area contributed by atoms with Gasteiger partial charge in [0.1, 0.15) is 5.60 Å². The van der Waals surface area contributed by atoms with Crippen LogP contribution in [0, 0.1) is 5.92 Å². The summed E-state index contributed by atoms with van der Waals surface area (Å²) in [6.07, 6.45) is 0. The van der Waals surface area contributed by atoms with Crippen LogP contribution in [0.3, 0.4) is 0 Å². The maximum Gasteiger partial charge on any atom is 0.320 e. The van der Waals surface area contributed by atoms with Gasteiger partial charge in [-0.3, -0.25) is 4.79 Å². The number of carbonyl (C=O) groups excluding carboxylic acids is 1. The second-order valence-electron chi connectivity index (χ2n) is 5.21. The van der Waals surface area contributed by atoms with Gasteiger partial charge in [0.2, 0.25) is 0 Å². The average Bonchev–Trinajstić information content (AvgIpc) is 2.44. The second kappa shape index (κ2) is 4.94. The molecule has 0 unspecified atom stereocenters. The zero-order valence-electron chi connectivity index (χ0n) is 10.1. The van der Waals surface area contributed by atoms with Gasteiger partial charge in [-0.2, -0.15) is 0 Å². The Morgan fingerprint density at radius 2 is 2.13 bits per heavy atom. The highest BCUT2D eigenvalue weighted by atomic mass is 16.6.